The number of unbranched alkanes of at least 4 members (excludes halogenated alkanes) is 14. The van der Waals surface area contributed by atoms with E-state index in [4.69, 9.17) is 18.5 Å². The minimum absolute atomic E-state index is 0.0111. The number of phosphoric ester groups is 1. The summed E-state index contributed by atoms with van der Waals surface area (Å²) in [5, 5.41) is 0. The van der Waals surface area contributed by atoms with E-state index in [1.54, 1.807) is 6.92 Å². The largest absolute Gasteiger partial charge is 0.472 e. The van der Waals surface area contributed by atoms with E-state index < -0.39 is 26.5 Å². The third-order valence-electron chi connectivity index (χ3n) is 8.50. The monoisotopic (exact) mass is 777 g/mol. The molecule has 54 heavy (non-hydrogen) atoms. The third kappa shape index (κ3) is 39.2. The molecule has 0 aliphatic carbocycles. The van der Waals surface area contributed by atoms with E-state index in [1.807, 2.05) is 0 Å². The van der Waals surface area contributed by atoms with Crippen molar-refractivity contribution in [1.29, 1.82) is 0 Å². The van der Waals surface area contributed by atoms with E-state index >= 15 is 0 Å². The number of allylic oxidation sites excluding steroid dienone is 12. The smallest absolute Gasteiger partial charge is 0.462 e. The van der Waals surface area contributed by atoms with Gasteiger partial charge in [-0.3, -0.25) is 18.6 Å². The third-order valence-corrected chi connectivity index (χ3v) is 9.56. The minimum atomic E-state index is -4.29. The lowest BCUT2D eigenvalue weighted by atomic mass is 10.1. The van der Waals surface area contributed by atoms with Crippen molar-refractivity contribution in [2.45, 2.75) is 181 Å². The van der Waals surface area contributed by atoms with Crippen LogP contribution >= 0.6 is 7.82 Å². The zero-order valence-electron chi connectivity index (χ0n) is 34.3. The van der Waals surface area contributed by atoms with Gasteiger partial charge in [0.1, 0.15) is 6.61 Å². The predicted octanol–water partition coefficient (Wildman–Crippen LogP) is 13.3. The Morgan fingerprint density at radius 2 is 0.944 bits per heavy atom. The zero-order valence-corrected chi connectivity index (χ0v) is 35.2. The Labute approximate surface area is 330 Å². The molecule has 0 aliphatic rings. The first-order valence-corrected chi connectivity index (χ1v) is 22.7. The average molecular weight is 777 g/mol. The van der Waals surface area contributed by atoms with Gasteiger partial charge in [0.15, 0.2) is 6.10 Å². The van der Waals surface area contributed by atoms with E-state index in [2.05, 4.69) is 86.8 Å². The molecule has 0 amide bonds. The van der Waals surface area contributed by atoms with E-state index in [0.717, 1.165) is 89.9 Å². The number of carbonyl (C=O) groups is 2. The average Bonchev–Trinajstić information content (AvgIpc) is 3.15. The zero-order chi connectivity index (χ0) is 39.6. The van der Waals surface area contributed by atoms with Crippen LogP contribution in [0.4, 0.5) is 0 Å². The standard InChI is InChI=1S/C45H77O8P/c1-4-7-9-11-13-15-17-19-21-22-23-24-26-28-30-32-34-36-38-40-45(47)53-43(42-52-54(48,49)51-6-3)41-50-44(46)39-37-35-33-31-29-27-25-20-18-16-14-12-10-8-5-2/h7,9,13,15,19-21,23-25,28,30,43H,4-6,8,10-12,14,16-18,22,26-27,29,31-42H2,1-3H3,(H,48,49)/b9-7-,15-13-,21-19-,24-23-,25-20-,30-28-. The van der Waals surface area contributed by atoms with Crippen LogP contribution in [0.15, 0.2) is 72.9 Å². The Hall–Kier alpha value is -2.51. The highest BCUT2D eigenvalue weighted by Crippen LogP contribution is 2.43. The lowest BCUT2D eigenvalue weighted by molar-refractivity contribution is -0.161. The maximum absolute atomic E-state index is 12.5. The molecule has 0 aromatic heterocycles. The quantitative estimate of drug-likeness (QED) is 0.0286. The van der Waals surface area contributed by atoms with Gasteiger partial charge in [-0.1, -0.05) is 145 Å². The highest BCUT2D eigenvalue weighted by atomic mass is 31.2. The first-order valence-electron chi connectivity index (χ1n) is 21.2. The molecule has 0 aliphatic heterocycles. The lowest BCUT2D eigenvalue weighted by Crippen LogP contribution is -2.29. The lowest BCUT2D eigenvalue weighted by Gasteiger charge is -2.19. The van der Waals surface area contributed by atoms with E-state index in [9.17, 15) is 19.0 Å². The van der Waals surface area contributed by atoms with E-state index in [0.29, 0.717) is 6.42 Å². The summed E-state index contributed by atoms with van der Waals surface area (Å²) in [7, 11) is -4.29. The van der Waals surface area contributed by atoms with Crippen molar-refractivity contribution in [2.24, 2.45) is 0 Å². The topological polar surface area (TPSA) is 108 Å². The molecule has 0 rings (SSSR count). The van der Waals surface area contributed by atoms with Crippen molar-refractivity contribution in [2.75, 3.05) is 19.8 Å². The van der Waals surface area contributed by atoms with Crippen LogP contribution in [0.25, 0.3) is 0 Å². The van der Waals surface area contributed by atoms with Crippen LogP contribution in [0.5, 0.6) is 0 Å². The van der Waals surface area contributed by atoms with Crippen LogP contribution < -0.4 is 0 Å². The second kappa shape index (κ2) is 40.2. The molecule has 310 valence electrons. The maximum Gasteiger partial charge on any atom is 0.472 e. The van der Waals surface area contributed by atoms with E-state index in [1.165, 1.54) is 44.9 Å². The van der Waals surface area contributed by atoms with Crippen LogP contribution in [0.3, 0.4) is 0 Å². The van der Waals surface area contributed by atoms with Crippen LogP contribution in [0.2, 0.25) is 0 Å². The molecule has 0 saturated heterocycles. The SMILES string of the molecule is CC/C=C\C/C=C\C/C=C\C/C=C\C/C=C\CCCCCC(=O)OC(COC(=O)CCCCCCC/C=C\CCCCCCCC)COP(=O)(O)OCC. The van der Waals surface area contributed by atoms with Gasteiger partial charge in [-0.05, 0) is 90.4 Å². The van der Waals surface area contributed by atoms with Gasteiger partial charge in [0.25, 0.3) is 0 Å². The highest BCUT2D eigenvalue weighted by molar-refractivity contribution is 7.47. The summed E-state index contributed by atoms with van der Waals surface area (Å²) in [6.07, 6.45) is 49.5. The number of hydrogen-bond acceptors (Lipinski definition) is 7. The molecule has 0 spiro atoms. The summed E-state index contributed by atoms with van der Waals surface area (Å²) >= 11 is 0. The van der Waals surface area contributed by atoms with E-state index in [-0.39, 0.29) is 32.0 Å². The van der Waals surface area contributed by atoms with Crippen molar-refractivity contribution in [3.05, 3.63) is 72.9 Å². The summed E-state index contributed by atoms with van der Waals surface area (Å²) in [4.78, 5) is 34.7. The first-order chi connectivity index (χ1) is 26.3. The molecular weight excluding hydrogens is 699 g/mol. The molecule has 0 fully saturated rings. The number of phosphoric acid groups is 1. The van der Waals surface area contributed by atoms with Crippen molar-refractivity contribution in [3.63, 3.8) is 0 Å². The van der Waals surface area contributed by atoms with Gasteiger partial charge in [0.2, 0.25) is 0 Å². The van der Waals surface area contributed by atoms with Gasteiger partial charge in [-0.2, -0.15) is 0 Å². The van der Waals surface area contributed by atoms with Crippen molar-refractivity contribution in [3.8, 4) is 0 Å². The van der Waals surface area contributed by atoms with Crippen LogP contribution in [0.1, 0.15) is 175 Å². The fraction of sp³-hybridized carbons (Fsp3) is 0.689. The molecule has 0 aromatic rings. The fourth-order valence-electron chi connectivity index (χ4n) is 5.41. The molecule has 2 atom stereocenters. The molecule has 1 N–H and O–H groups in total. The van der Waals surface area contributed by atoms with Crippen molar-refractivity contribution < 1.29 is 37.6 Å². The van der Waals surface area contributed by atoms with Gasteiger partial charge in [0, 0.05) is 12.8 Å². The molecule has 0 saturated carbocycles. The Balaban J connectivity index is 4.20. The number of carbonyl (C=O) groups excluding carboxylic acids is 2. The number of rotatable bonds is 38. The summed E-state index contributed by atoms with van der Waals surface area (Å²) < 4.78 is 32.6. The Kier molecular flexibility index (Phi) is 38.3. The molecule has 8 nitrogen and oxygen atoms in total. The minimum Gasteiger partial charge on any atom is -0.462 e. The molecular formula is C45H77O8P. The molecule has 0 aromatic carbocycles. The summed E-state index contributed by atoms with van der Waals surface area (Å²) in [5.41, 5.74) is 0. The van der Waals surface area contributed by atoms with Crippen molar-refractivity contribution >= 4 is 19.8 Å². The maximum atomic E-state index is 12.5. The van der Waals surface area contributed by atoms with Crippen LogP contribution in [0, 0.1) is 0 Å². The predicted molar refractivity (Wildman–Crippen MR) is 225 cm³/mol. The summed E-state index contributed by atoms with van der Waals surface area (Å²) in [5.74, 6) is -0.850. The summed E-state index contributed by atoms with van der Waals surface area (Å²) in [6, 6.07) is 0. The van der Waals surface area contributed by atoms with Crippen LogP contribution in [-0.2, 0) is 32.7 Å². The van der Waals surface area contributed by atoms with Gasteiger partial charge in [0.05, 0.1) is 13.2 Å². The highest BCUT2D eigenvalue weighted by Gasteiger charge is 2.25. The summed E-state index contributed by atoms with van der Waals surface area (Å²) in [6.45, 7) is 5.29. The normalized spacial score (nSPS) is 14.1. The first kappa shape index (κ1) is 51.5. The van der Waals surface area contributed by atoms with Gasteiger partial charge >= 0.3 is 19.8 Å². The molecule has 0 bridgehead atoms. The molecule has 0 radical (unpaired) electrons. The fourth-order valence-corrected chi connectivity index (χ4v) is 6.17. The Morgan fingerprint density at radius 1 is 0.519 bits per heavy atom. The van der Waals surface area contributed by atoms with Gasteiger partial charge in [-0.25, -0.2) is 4.57 Å². The Bertz CT molecular complexity index is 1110. The van der Waals surface area contributed by atoms with Crippen LogP contribution in [-0.4, -0.2) is 42.8 Å². The number of ether oxygens (including phenoxy) is 2. The molecule has 9 heteroatoms. The molecule has 2 unspecified atom stereocenters. The Morgan fingerprint density at radius 3 is 1.46 bits per heavy atom. The van der Waals surface area contributed by atoms with Gasteiger partial charge < -0.3 is 14.4 Å². The number of hydrogen-bond donors (Lipinski definition) is 1. The van der Waals surface area contributed by atoms with Gasteiger partial charge in [-0.15, -0.1) is 0 Å². The second-order valence-corrected chi connectivity index (χ2v) is 15.1. The second-order valence-electron chi connectivity index (χ2n) is 13.6. The van der Waals surface area contributed by atoms with Crippen molar-refractivity contribution in [1.82, 2.24) is 0 Å². The molecule has 0 heterocycles. The number of esters is 2.